The van der Waals surface area contributed by atoms with E-state index in [1.54, 1.807) is 11.8 Å². The van der Waals surface area contributed by atoms with E-state index in [1.165, 1.54) is 24.0 Å². The highest BCUT2D eigenvalue weighted by Gasteiger charge is 2.41. The smallest absolute Gasteiger partial charge is 0.242 e. The molecule has 6 heteroatoms. The molecule has 2 fully saturated rings. The van der Waals surface area contributed by atoms with Crippen LogP contribution >= 0.6 is 0 Å². The quantitative estimate of drug-likeness (QED) is 0.597. The fourth-order valence-electron chi connectivity index (χ4n) is 5.66. The van der Waals surface area contributed by atoms with E-state index in [-0.39, 0.29) is 23.9 Å². The van der Waals surface area contributed by atoms with E-state index in [0.29, 0.717) is 37.3 Å². The zero-order chi connectivity index (χ0) is 24.0. The largest absolute Gasteiger partial charge is 0.354 e. The van der Waals surface area contributed by atoms with Crippen molar-refractivity contribution in [3.8, 4) is 0 Å². The van der Waals surface area contributed by atoms with Gasteiger partial charge in [0.25, 0.3) is 0 Å². The molecule has 1 heterocycles. The second kappa shape index (κ2) is 12.0. The number of nitrogens with zero attached hydrogens (tertiary/aromatic N) is 2. The number of amides is 2. The minimum atomic E-state index is -0.382. The molecular formula is C27H44N4O2. The highest BCUT2D eigenvalue weighted by Crippen LogP contribution is 2.29. The van der Waals surface area contributed by atoms with Crippen LogP contribution in [0.15, 0.2) is 24.3 Å². The lowest BCUT2D eigenvalue weighted by atomic mass is 9.81. The molecule has 0 aromatic heterocycles. The normalized spacial score (nSPS) is 25.6. The number of likely N-dealkylation sites (tertiary alicyclic amines) is 1. The van der Waals surface area contributed by atoms with Crippen LogP contribution in [0.2, 0.25) is 0 Å². The molecule has 0 radical (unpaired) electrons. The first-order valence-corrected chi connectivity index (χ1v) is 12.8. The van der Waals surface area contributed by atoms with Crippen molar-refractivity contribution in [3.05, 3.63) is 35.4 Å². The molecule has 3 N–H and O–H groups in total. The maximum absolute atomic E-state index is 13.2. The van der Waals surface area contributed by atoms with Crippen LogP contribution in [0.3, 0.4) is 0 Å². The molecular weight excluding hydrogens is 412 g/mol. The lowest BCUT2D eigenvalue weighted by Gasteiger charge is -2.31. The predicted molar refractivity (Wildman–Crippen MR) is 134 cm³/mol. The molecule has 33 heavy (non-hydrogen) atoms. The van der Waals surface area contributed by atoms with Gasteiger partial charge >= 0.3 is 0 Å². The third kappa shape index (κ3) is 7.03. The van der Waals surface area contributed by atoms with Gasteiger partial charge in [-0.05, 0) is 68.0 Å². The summed E-state index contributed by atoms with van der Waals surface area (Å²) >= 11 is 0. The van der Waals surface area contributed by atoms with Gasteiger partial charge in [-0.15, -0.1) is 0 Å². The maximum Gasteiger partial charge on any atom is 0.242 e. The van der Waals surface area contributed by atoms with Gasteiger partial charge < -0.3 is 16.0 Å². The number of hydrogen-bond donors (Lipinski definition) is 2. The lowest BCUT2D eigenvalue weighted by molar-refractivity contribution is -0.137. The Morgan fingerprint density at radius 2 is 1.91 bits per heavy atom. The van der Waals surface area contributed by atoms with Crippen LogP contribution in [-0.2, 0) is 16.1 Å². The van der Waals surface area contributed by atoms with Crippen LogP contribution < -0.4 is 11.1 Å². The van der Waals surface area contributed by atoms with Crippen LogP contribution in [0.1, 0.15) is 64.0 Å². The van der Waals surface area contributed by atoms with Crippen LogP contribution in [0.5, 0.6) is 0 Å². The second-order valence-corrected chi connectivity index (χ2v) is 10.7. The predicted octanol–water partition coefficient (Wildman–Crippen LogP) is 3.32. The van der Waals surface area contributed by atoms with E-state index >= 15 is 0 Å². The lowest BCUT2D eigenvalue weighted by Crippen LogP contribution is -2.46. The summed E-state index contributed by atoms with van der Waals surface area (Å²) in [4.78, 5) is 29.9. The number of nitrogens with one attached hydrogen (secondary N) is 1. The van der Waals surface area contributed by atoms with Crippen LogP contribution in [0, 0.1) is 24.7 Å². The van der Waals surface area contributed by atoms with E-state index in [0.717, 1.165) is 32.5 Å². The molecule has 1 aliphatic heterocycles. The Morgan fingerprint density at radius 3 is 2.58 bits per heavy atom. The molecule has 4 atom stereocenters. The maximum atomic E-state index is 13.2. The fourth-order valence-corrected chi connectivity index (χ4v) is 5.66. The zero-order valence-corrected chi connectivity index (χ0v) is 21.1. The van der Waals surface area contributed by atoms with Crippen molar-refractivity contribution < 1.29 is 9.59 Å². The Hall–Kier alpha value is -1.92. The average molecular weight is 457 g/mol. The summed E-state index contributed by atoms with van der Waals surface area (Å²) in [6, 6.07) is 8.29. The van der Waals surface area contributed by atoms with Gasteiger partial charge in [0, 0.05) is 39.1 Å². The minimum absolute atomic E-state index is 0.00274. The first kappa shape index (κ1) is 25.7. The highest BCUT2D eigenvalue weighted by molar-refractivity contribution is 5.87. The molecule has 1 saturated heterocycles. The van der Waals surface area contributed by atoms with Gasteiger partial charge in [-0.1, -0.05) is 44.5 Å². The van der Waals surface area contributed by atoms with Gasteiger partial charge in [0.15, 0.2) is 0 Å². The molecule has 2 aliphatic rings. The third-order valence-electron chi connectivity index (χ3n) is 7.53. The van der Waals surface area contributed by atoms with Gasteiger partial charge in [-0.2, -0.15) is 0 Å². The Kier molecular flexibility index (Phi) is 9.33. The number of nitrogens with two attached hydrogens (primary N) is 1. The summed E-state index contributed by atoms with van der Waals surface area (Å²) in [5.74, 6) is 1.57. The number of carbonyl (C=O) groups excluding carboxylic acids is 2. The first-order valence-electron chi connectivity index (χ1n) is 12.8. The summed E-state index contributed by atoms with van der Waals surface area (Å²) in [5.41, 5.74) is 8.47. The van der Waals surface area contributed by atoms with Crippen molar-refractivity contribution in [1.29, 1.82) is 0 Å². The molecule has 6 nitrogen and oxygen atoms in total. The Balaban J connectivity index is 1.66. The van der Waals surface area contributed by atoms with Crippen molar-refractivity contribution >= 4 is 11.8 Å². The molecule has 0 spiro atoms. The van der Waals surface area contributed by atoms with E-state index in [9.17, 15) is 9.59 Å². The molecule has 1 saturated carbocycles. The highest BCUT2D eigenvalue weighted by atomic mass is 16.2. The van der Waals surface area contributed by atoms with Gasteiger partial charge in [0.05, 0.1) is 0 Å². The van der Waals surface area contributed by atoms with Gasteiger partial charge in [-0.25, -0.2) is 0 Å². The first-order chi connectivity index (χ1) is 15.8. The summed E-state index contributed by atoms with van der Waals surface area (Å²) in [5, 5.41) is 3.19. The molecule has 3 rings (SSSR count). The molecule has 0 bridgehead atoms. The minimum Gasteiger partial charge on any atom is -0.354 e. The molecule has 184 valence electrons. The number of carbonyl (C=O) groups is 2. The van der Waals surface area contributed by atoms with Gasteiger partial charge in [-0.3, -0.25) is 14.5 Å². The van der Waals surface area contributed by atoms with Crippen molar-refractivity contribution in [2.75, 3.05) is 26.2 Å². The Bertz CT molecular complexity index is 796. The summed E-state index contributed by atoms with van der Waals surface area (Å²) in [6.07, 6.45) is 5.34. The average Bonchev–Trinajstić information content (AvgIpc) is 3.24. The molecule has 2 amide bonds. The van der Waals surface area contributed by atoms with Crippen molar-refractivity contribution in [1.82, 2.24) is 15.1 Å². The third-order valence-corrected chi connectivity index (χ3v) is 7.53. The second-order valence-electron chi connectivity index (χ2n) is 10.7. The summed E-state index contributed by atoms with van der Waals surface area (Å²) in [6.45, 7) is 12.0. The van der Waals surface area contributed by atoms with E-state index in [2.05, 4.69) is 55.3 Å². The van der Waals surface area contributed by atoms with Crippen LogP contribution in [0.4, 0.5) is 0 Å². The molecule has 1 aliphatic carbocycles. The Morgan fingerprint density at radius 1 is 1.18 bits per heavy atom. The zero-order valence-electron chi connectivity index (χ0n) is 21.1. The summed E-state index contributed by atoms with van der Waals surface area (Å²) < 4.78 is 0. The van der Waals surface area contributed by atoms with E-state index in [1.807, 2.05) is 0 Å². The number of hydrogen-bond acceptors (Lipinski definition) is 4. The van der Waals surface area contributed by atoms with E-state index in [4.69, 9.17) is 5.73 Å². The van der Waals surface area contributed by atoms with Gasteiger partial charge in [0.2, 0.25) is 11.8 Å². The molecule has 1 aromatic carbocycles. The topological polar surface area (TPSA) is 78.7 Å². The summed E-state index contributed by atoms with van der Waals surface area (Å²) in [7, 11) is 0. The van der Waals surface area contributed by atoms with Crippen LogP contribution in [0.25, 0.3) is 0 Å². The monoisotopic (exact) mass is 456 g/mol. The number of rotatable bonds is 9. The Labute approximate surface area is 200 Å². The van der Waals surface area contributed by atoms with Crippen molar-refractivity contribution in [2.24, 2.45) is 23.5 Å². The SMILES string of the molecule is CC(=O)N1CC(N(Cc2ccccc2C)CC(C)C)CC1C(=O)NCC1CCCC(CN)C1. The van der Waals surface area contributed by atoms with Crippen molar-refractivity contribution in [3.63, 3.8) is 0 Å². The molecule has 4 unspecified atom stereocenters. The van der Waals surface area contributed by atoms with E-state index < -0.39 is 0 Å². The van der Waals surface area contributed by atoms with Crippen molar-refractivity contribution in [2.45, 2.75) is 78.4 Å². The standard InChI is InChI=1S/C27H44N4O2/c1-19(2)16-30(17-24-11-6-5-8-20(24)3)25-13-26(31(18-25)21(4)32)27(33)29-15-23-10-7-9-22(12-23)14-28/h5-6,8,11,19,22-23,25-26H,7,9-10,12-18,28H2,1-4H3,(H,29,33). The van der Waals surface area contributed by atoms with Crippen LogP contribution in [-0.4, -0.2) is 59.9 Å². The number of aryl methyl sites for hydroxylation is 1. The fraction of sp³-hybridized carbons (Fsp3) is 0.704. The van der Waals surface area contributed by atoms with Gasteiger partial charge in [0.1, 0.15) is 6.04 Å². The number of benzene rings is 1. The molecule has 1 aromatic rings.